The molecule has 0 saturated carbocycles. The Morgan fingerprint density at radius 1 is 1.28 bits per heavy atom. The molecule has 0 atom stereocenters. The Labute approximate surface area is 108 Å². The topological polar surface area (TPSA) is 66.8 Å². The molecule has 4 nitrogen and oxygen atoms in total. The lowest BCUT2D eigenvalue weighted by Gasteiger charge is -2.26. The average Bonchev–Trinajstić information content (AvgIpc) is 2.24. The number of ether oxygens (including phenoxy) is 1. The van der Waals surface area contributed by atoms with Crippen molar-refractivity contribution in [3.8, 4) is 0 Å². The molecule has 0 saturated heterocycles. The molecule has 0 unspecified atom stereocenters. The molecule has 5 heteroatoms. The summed E-state index contributed by atoms with van der Waals surface area (Å²) in [6.07, 6.45) is 0. The van der Waals surface area contributed by atoms with Gasteiger partial charge < -0.3 is 14.8 Å². The Bertz CT molecular complexity index is 461. The molecular formula is C13H19BO4. The molecule has 1 aromatic carbocycles. The highest BCUT2D eigenvalue weighted by Crippen LogP contribution is 2.26. The van der Waals surface area contributed by atoms with Crippen molar-refractivity contribution in [3.05, 3.63) is 28.8 Å². The van der Waals surface area contributed by atoms with Crippen LogP contribution in [0.15, 0.2) is 12.1 Å². The van der Waals surface area contributed by atoms with Crippen molar-refractivity contribution in [1.29, 1.82) is 0 Å². The van der Waals surface area contributed by atoms with Crippen LogP contribution in [0, 0.1) is 6.92 Å². The summed E-state index contributed by atoms with van der Waals surface area (Å²) in [7, 11) is -0.297. The van der Waals surface area contributed by atoms with Crippen LogP contribution in [0.25, 0.3) is 0 Å². The van der Waals surface area contributed by atoms with E-state index >= 15 is 0 Å². The van der Waals surface area contributed by atoms with Crippen LogP contribution in [0.1, 0.15) is 42.3 Å². The number of methoxy groups -OCH3 is 1. The molecule has 98 valence electrons. The Morgan fingerprint density at radius 3 is 2.22 bits per heavy atom. The standard InChI is InChI=1S/C13H19BO4/c1-8-6-9(12(15)18-5)11(13(2,3)4)10(7-8)14(16)17/h6-7,16-17H,1-5H3. The molecule has 0 aliphatic heterocycles. The van der Waals surface area contributed by atoms with Gasteiger partial charge in [-0.05, 0) is 29.4 Å². The number of hydrogen-bond donors (Lipinski definition) is 2. The fourth-order valence-corrected chi connectivity index (χ4v) is 2.13. The average molecular weight is 250 g/mol. The first kappa shape index (κ1) is 14.7. The predicted molar refractivity (Wildman–Crippen MR) is 71.0 cm³/mol. The van der Waals surface area contributed by atoms with E-state index in [1.54, 1.807) is 19.1 Å². The van der Waals surface area contributed by atoms with Crippen molar-refractivity contribution in [1.82, 2.24) is 0 Å². The van der Waals surface area contributed by atoms with Crippen LogP contribution < -0.4 is 5.46 Å². The molecule has 0 spiro atoms. The molecule has 0 heterocycles. The summed E-state index contributed by atoms with van der Waals surface area (Å²) < 4.78 is 4.76. The predicted octanol–water partition coefficient (Wildman–Crippen LogP) is 0.759. The lowest BCUT2D eigenvalue weighted by molar-refractivity contribution is 0.0598. The highest BCUT2D eigenvalue weighted by Gasteiger charge is 2.30. The van der Waals surface area contributed by atoms with Gasteiger partial charge in [0, 0.05) is 0 Å². The largest absolute Gasteiger partial charge is 0.488 e. The van der Waals surface area contributed by atoms with Gasteiger partial charge >= 0.3 is 13.1 Å². The maximum Gasteiger partial charge on any atom is 0.488 e. The van der Waals surface area contributed by atoms with Gasteiger partial charge in [-0.2, -0.15) is 0 Å². The zero-order valence-corrected chi connectivity index (χ0v) is 11.4. The molecular weight excluding hydrogens is 231 g/mol. The summed E-state index contributed by atoms with van der Waals surface area (Å²) in [5.41, 5.74) is 1.73. The van der Waals surface area contributed by atoms with E-state index in [0.717, 1.165) is 5.56 Å². The van der Waals surface area contributed by atoms with Crippen LogP contribution in [0.4, 0.5) is 0 Å². The highest BCUT2D eigenvalue weighted by molar-refractivity contribution is 6.59. The third-order valence-corrected chi connectivity index (χ3v) is 2.75. The number of carbonyl (C=O) groups is 1. The van der Waals surface area contributed by atoms with E-state index in [2.05, 4.69) is 0 Å². The first-order valence-corrected chi connectivity index (χ1v) is 5.78. The van der Waals surface area contributed by atoms with Crippen molar-refractivity contribution >= 4 is 18.6 Å². The second-order valence-electron chi connectivity index (χ2n) is 5.39. The van der Waals surface area contributed by atoms with Crippen LogP contribution in [0.5, 0.6) is 0 Å². The quantitative estimate of drug-likeness (QED) is 0.600. The number of hydrogen-bond acceptors (Lipinski definition) is 4. The van der Waals surface area contributed by atoms with E-state index in [-0.39, 0.29) is 0 Å². The fraction of sp³-hybridized carbons (Fsp3) is 0.462. The molecule has 1 rings (SSSR count). The summed E-state index contributed by atoms with van der Waals surface area (Å²) in [5, 5.41) is 18.9. The van der Waals surface area contributed by atoms with Crippen LogP contribution in [-0.2, 0) is 10.2 Å². The van der Waals surface area contributed by atoms with Crippen molar-refractivity contribution in [3.63, 3.8) is 0 Å². The molecule has 0 radical (unpaired) electrons. The summed E-state index contributed by atoms with van der Waals surface area (Å²) in [4.78, 5) is 11.8. The van der Waals surface area contributed by atoms with E-state index in [0.29, 0.717) is 16.6 Å². The normalized spacial score (nSPS) is 11.3. The van der Waals surface area contributed by atoms with E-state index < -0.39 is 18.5 Å². The summed E-state index contributed by atoms with van der Waals surface area (Å²) in [6.45, 7) is 7.53. The highest BCUT2D eigenvalue weighted by atomic mass is 16.5. The van der Waals surface area contributed by atoms with Crippen LogP contribution >= 0.6 is 0 Å². The summed E-state index contributed by atoms with van der Waals surface area (Å²) in [6, 6.07) is 3.38. The van der Waals surface area contributed by atoms with Crippen LogP contribution in [0.2, 0.25) is 0 Å². The Kier molecular flexibility index (Phi) is 4.19. The molecule has 18 heavy (non-hydrogen) atoms. The summed E-state index contributed by atoms with van der Waals surface area (Å²) >= 11 is 0. The maximum absolute atomic E-state index is 11.8. The van der Waals surface area contributed by atoms with Gasteiger partial charge in [0.15, 0.2) is 0 Å². The van der Waals surface area contributed by atoms with Gasteiger partial charge in [0.25, 0.3) is 0 Å². The van der Waals surface area contributed by atoms with E-state index in [1.165, 1.54) is 7.11 Å². The van der Waals surface area contributed by atoms with Crippen molar-refractivity contribution < 1.29 is 19.6 Å². The molecule has 0 aliphatic carbocycles. The number of benzene rings is 1. The third-order valence-electron chi connectivity index (χ3n) is 2.75. The SMILES string of the molecule is COC(=O)c1cc(C)cc(B(O)O)c1C(C)(C)C. The van der Waals surface area contributed by atoms with Crippen molar-refractivity contribution in [2.24, 2.45) is 0 Å². The van der Waals surface area contributed by atoms with E-state index in [1.807, 2.05) is 20.8 Å². The second kappa shape index (κ2) is 5.12. The molecule has 2 N–H and O–H groups in total. The van der Waals surface area contributed by atoms with Crippen LogP contribution in [0.3, 0.4) is 0 Å². The Balaban J connectivity index is 3.64. The molecule has 0 aliphatic rings. The molecule has 1 aromatic rings. The van der Waals surface area contributed by atoms with E-state index in [4.69, 9.17) is 4.74 Å². The van der Waals surface area contributed by atoms with Crippen molar-refractivity contribution in [2.75, 3.05) is 7.11 Å². The number of carbonyl (C=O) groups excluding carboxylic acids is 1. The first-order valence-electron chi connectivity index (χ1n) is 5.78. The van der Waals surface area contributed by atoms with E-state index in [9.17, 15) is 14.8 Å². The van der Waals surface area contributed by atoms with Gasteiger partial charge in [0.05, 0.1) is 12.7 Å². The smallest absolute Gasteiger partial charge is 0.465 e. The van der Waals surface area contributed by atoms with Crippen molar-refractivity contribution in [2.45, 2.75) is 33.1 Å². The zero-order valence-electron chi connectivity index (χ0n) is 11.4. The Hall–Kier alpha value is -1.33. The number of esters is 1. The fourth-order valence-electron chi connectivity index (χ4n) is 2.13. The van der Waals surface area contributed by atoms with Gasteiger partial charge in [-0.25, -0.2) is 4.79 Å². The zero-order chi connectivity index (χ0) is 14.1. The lowest BCUT2D eigenvalue weighted by atomic mass is 9.68. The van der Waals surface area contributed by atoms with Gasteiger partial charge in [-0.1, -0.05) is 32.4 Å². The van der Waals surface area contributed by atoms with Gasteiger partial charge in [0.2, 0.25) is 0 Å². The number of aryl methyl sites for hydroxylation is 1. The minimum atomic E-state index is -1.61. The minimum absolute atomic E-state index is 0.350. The third kappa shape index (κ3) is 2.92. The molecule has 0 amide bonds. The van der Waals surface area contributed by atoms with Gasteiger partial charge in [0.1, 0.15) is 0 Å². The summed E-state index contributed by atoms with van der Waals surface area (Å²) in [5.74, 6) is -0.467. The Morgan fingerprint density at radius 2 is 1.83 bits per heavy atom. The maximum atomic E-state index is 11.8. The monoisotopic (exact) mass is 250 g/mol. The van der Waals surface area contributed by atoms with Crippen LogP contribution in [-0.4, -0.2) is 30.2 Å². The van der Waals surface area contributed by atoms with Gasteiger partial charge in [-0.15, -0.1) is 0 Å². The minimum Gasteiger partial charge on any atom is -0.465 e. The molecule has 0 fully saturated rings. The molecule has 0 bridgehead atoms. The lowest BCUT2D eigenvalue weighted by Crippen LogP contribution is -2.39. The second-order valence-corrected chi connectivity index (χ2v) is 5.39. The first-order chi connectivity index (χ1) is 8.18. The van der Waals surface area contributed by atoms with Gasteiger partial charge in [-0.3, -0.25) is 0 Å². The number of rotatable bonds is 2. The molecule has 0 aromatic heterocycles.